The predicted molar refractivity (Wildman–Crippen MR) is 77.6 cm³/mol. The quantitative estimate of drug-likeness (QED) is 0.776. The van der Waals surface area contributed by atoms with E-state index in [0.717, 1.165) is 11.8 Å². The molecular weight excluding hydrogens is 278 g/mol. The molecule has 0 bridgehead atoms. The summed E-state index contributed by atoms with van der Waals surface area (Å²) in [5, 5.41) is -1.04. The van der Waals surface area contributed by atoms with Crippen LogP contribution in [-0.2, 0) is 21.2 Å². The molecule has 0 fully saturated rings. The molecule has 2 N–H and O–H groups in total. The third-order valence-electron chi connectivity index (χ3n) is 3.03. The van der Waals surface area contributed by atoms with Crippen LogP contribution in [0.5, 0.6) is 0 Å². The van der Waals surface area contributed by atoms with Crippen molar-refractivity contribution in [2.75, 3.05) is 19.3 Å². The Morgan fingerprint density at radius 1 is 1.50 bits per heavy atom. The van der Waals surface area contributed by atoms with Gasteiger partial charge in [-0.25, -0.2) is 8.42 Å². The first kappa shape index (κ1) is 16.6. The van der Waals surface area contributed by atoms with Crippen LogP contribution in [0, 0.1) is 0 Å². The van der Waals surface area contributed by atoms with Gasteiger partial charge in [0.05, 0.1) is 0 Å². The third-order valence-corrected chi connectivity index (χ3v) is 4.52. The Hall–Kier alpha value is -1.47. The highest BCUT2D eigenvalue weighted by molar-refractivity contribution is 7.92. The number of amides is 1. The second-order valence-corrected chi connectivity index (χ2v) is 7.10. The number of rotatable bonds is 7. The van der Waals surface area contributed by atoms with E-state index in [4.69, 9.17) is 5.73 Å². The van der Waals surface area contributed by atoms with Crippen molar-refractivity contribution in [3.8, 4) is 0 Å². The lowest BCUT2D eigenvalue weighted by Crippen LogP contribution is -2.41. The lowest BCUT2D eigenvalue weighted by molar-refractivity contribution is -0.131. The molecular formula is C13H21N3O3S. The van der Waals surface area contributed by atoms with Gasteiger partial charge in [-0.1, -0.05) is 6.07 Å². The molecule has 6 nitrogen and oxygen atoms in total. The number of sulfone groups is 1. The number of carbonyl (C=O) groups is 1. The highest BCUT2D eigenvalue weighted by Crippen LogP contribution is 2.09. The molecule has 0 aromatic carbocycles. The molecule has 0 aliphatic rings. The normalized spacial score (nSPS) is 12.9. The standard InChI is InChI=1S/C13H21N3O3S/c1-11(20(2,18)19)13(17)16(8-4-6-14)10-12-5-3-7-15-9-12/h3,5,7,9,11H,4,6,8,10,14H2,1-2H3. The average molecular weight is 299 g/mol. The molecule has 0 radical (unpaired) electrons. The van der Waals surface area contributed by atoms with Crippen LogP contribution in [0.1, 0.15) is 18.9 Å². The molecule has 0 saturated heterocycles. The summed E-state index contributed by atoms with van der Waals surface area (Å²) in [4.78, 5) is 17.8. The summed E-state index contributed by atoms with van der Waals surface area (Å²) >= 11 is 0. The summed E-state index contributed by atoms with van der Waals surface area (Å²) in [6.07, 6.45) is 5.01. The lowest BCUT2D eigenvalue weighted by atomic mass is 10.2. The fourth-order valence-electron chi connectivity index (χ4n) is 1.70. The van der Waals surface area contributed by atoms with Crippen molar-refractivity contribution in [3.05, 3.63) is 30.1 Å². The van der Waals surface area contributed by atoms with E-state index in [1.165, 1.54) is 11.8 Å². The molecule has 20 heavy (non-hydrogen) atoms. The Balaban J connectivity index is 2.86. The largest absolute Gasteiger partial charge is 0.337 e. The van der Waals surface area contributed by atoms with Crippen molar-refractivity contribution < 1.29 is 13.2 Å². The van der Waals surface area contributed by atoms with E-state index in [1.807, 2.05) is 6.07 Å². The van der Waals surface area contributed by atoms with Gasteiger partial charge < -0.3 is 10.6 Å². The summed E-state index contributed by atoms with van der Waals surface area (Å²) in [5.41, 5.74) is 6.32. The average Bonchev–Trinajstić information content (AvgIpc) is 2.42. The van der Waals surface area contributed by atoms with Crippen LogP contribution in [-0.4, -0.2) is 48.8 Å². The van der Waals surface area contributed by atoms with E-state index in [9.17, 15) is 13.2 Å². The summed E-state index contributed by atoms with van der Waals surface area (Å²) in [7, 11) is -3.40. The molecule has 7 heteroatoms. The van der Waals surface area contributed by atoms with E-state index in [-0.39, 0.29) is 0 Å². The molecule has 1 aromatic rings. The van der Waals surface area contributed by atoms with E-state index < -0.39 is 21.0 Å². The minimum atomic E-state index is -3.40. The molecule has 1 amide bonds. The maximum atomic E-state index is 12.3. The summed E-state index contributed by atoms with van der Waals surface area (Å²) < 4.78 is 23.0. The fraction of sp³-hybridized carbons (Fsp3) is 0.538. The topological polar surface area (TPSA) is 93.4 Å². The van der Waals surface area contributed by atoms with E-state index in [1.54, 1.807) is 18.5 Å². The zero-order chi connectivity index (χ0) is 15.2. The van der Waals surface area contributed by atoms with Crippen molar-refractivity contribution in [2.45, 2.75) is 25.1 Å². The summed E-state index contributed by atoms with van der Waals surface area (Å²) in [6.45, 7) is 2.64. The van der Waals surface area contributed by atoms with Crippen molar-refractivity contribution >= 4 is 15.7 Å². The molecule has 1 aromatic heterocycles. The van der Waals surface area contributed by atoms with Crippen LogP contribution in [0.4, 0.5) is 0 Å². The zero-order valence-electron chi connectivity index (χ0n) is 11.8. The van der Waals surface area contributed by atoms with Crippen molar-refractivity contribution in [1.29, 1.82) is 0 Å². The van der Waals surface area contributed by atoms with Gasteiger partial charge in [0.15, 0.2) is 9.84 Å². The molecule has 1 unspecified atom stereocenters. The van der Waals surface area contributed by atoms with Gasteiger partial charge in [0.1, 0.15) is 5.25 Å². The van der Waals surface area contributed by atoms with Gasteiger partial charge in [-0.3, -0.25) is 9.78 Å². The van der Waals surface area contributed by atoms with Gasteiger partial charge in [0, 0.05) is 31.7 Å². The molecule has 1 heterocycles. The zero-order valence-corrected chi connectivity index (χ0v) is 12.6. The molecule has 0 aliphatic heterocycles. The molecule has 1 atom stereocenters. The highest BCUT2D eigenvalue weighted by atomic mass is 32.2. The SMILES string of the molecule is CC(C(=O)N(CCCN)Cc1cccnc1)S(C)(=O)=O. The van der Waals surface area contributed by atoms with E-state index >= 15 is 0 Å². The summed E-state index contributed by atoms with van der Waals surface area (Å²) in [6, 6.07) is 3.63. The van der Waals surface area contributed by atoms with Gasteiger partial charge in [0.25, 0.3) is 0 Å². The maximum Gasteiger partial charge on any atom is 0.240 e. The highest BCUT2D eigenvalue weighted by Gasteiger charge is 2.28. The lowest BCUT2D eigenvalue weighted by Gasteiger charge is -2.25. The van der Waals surface area contributed by atoms with Crippen LogP contribution in [0.2, 0.25) is 0 Å². The Morgan fingerprint density at radius 2 is 2.20 bits per heavy atom. The number of nitrogens with zero attached hydrogens (tertiary/aromatic N) is 2. The number of carbonyl (C=O) groups excluding carboxylic acids is 1. The molecule has 0 aliphatic carbocycles. The Labute approximate surface area is 119 Å². The second kappa shape index (κ2) is 7.35. The number of aromatic nitrogens is 1. The molecule has 1 rings (SSSR count). The molecule has 0 spiro atoms. The number of hydrogen-bond donors (Lipinski definition) is 1. The van der Waals surface area contributed by atoms with Gasteiger partial charge in [-0.05, 0) is 31.5 Å². The predicted octanol–water partition coefficient (Wildman–Crippen LogP) is 0.192. The van der Waals surface area contributed by atoms with Crippen LogP contribution in [0.25, 0.3) is 0 Å². The van der Waals surface area contributed by atoms with Gasteiger partial charge in [-0.15, -0.1) is 0 Å². The third kappa shape index (κ3) is 4.90. The maximum absolute atomic E-state index is 12.3. The second-order valence-electron chi connectivity index (χ2n) is 4.74. The van der Waals surface area contributed by atoms with Gasteiger partial charge >= 0.3 is 0 Å². The minimum absolute atomic E-state index is 0.340. The Kier molecular flexibility index (Phi) is 6.09. The van der Waals surface area contributed by atoms with Crippen LogP contribution in [0.15, 0.2) is 24.5 Å². The van der Waals surface area contributed by atoms with Crippen molar-refractivity contribution in [2.24, 2.45) is 5.73 Å². The van der Waals surface area contributed by atoms with Crippen LogP contribution >= 0.6 is 0 Å². The first-order chi connectivity index (χ1) is 9.36. The number of hydrogen-bond acceptors (Lipinski definition) is 5. The smallest absolute Gasteiger partial charge is 0.240 e. The first-order valence-corrected chi connectivity index (χ1v) is 8.38. The Morgan fingerprint density at radius 3 is 2.70 bits per heavy atom. The summed E-state index contributed by atoms with van der Waals surface area (Å²) in [5.74, 6) is -0.398. The molecule has 0 saturated carbocycles. The number of nitrogens with two attached hydrogens (primary N) is 1. The van der Waals surface area contributed by atoms with E-state index in [0.29, 0.717) is 26.1 Å². The number of pyridine rings is 1. The molecule has 112 valence electrons. The van der Waals surface area contributed by atoms with Crippen molar-refractivity contribution in [1.82, 2.24) is 9.88 Å². The Bertz CT molecular complexity index is 531. The first-order valence-electron chi connectivity index (χ1n) is 6.43. The van der Waals surface area contributed by atoms with Crippen LogP contribution < -0.4 is 5.73 Å². The van der Waals surface area contributed by atoms with Gasteiger partial charge in [0.2, 0.25) is 5.91 Å². The van der Waals surface area contributed by atoms with Crippen molar-refractivity contribution in [3.63, 3.8) is 0 Å². The fourth-order valence-corrected chi connectivity index (χ4v) is 2.22. The monoisotopic (exact) mass is 299 g/mol. The van der Waals surface area contributed by atoms with E-state index in [2.05, 4.69) is 4.98 Å². The van der Waals surface area contributed by atoms with Crippen LogP contribution in [0.3, 0.4) is 0 Å². The van der Waals surface area contributed by atoms with Gasteiger partial charge in [-0.2, -0.15) is 0 Å². The minimum Gasteiger partial charge on any atom is -0.337 e.